The van der Waals surface area contributed by atoms with E-state index in [0.29, 0.717) is 0 Å². The van der Waals surface area contributed by atoms with E-state index in [0.717, 1.165) is 47.2 Å². The Morgan fingerprint density at radius 3 is 2.65 bits per heavy atom. The SMILES string of the molecule is Clc1ccc(OCCCCNC2CC2)c2ccccc12. The summed E-state index contributed by atoms with van der Waals surface area (Å²) in [5.74, 6) is 0.931. The highest BCUT2D eigenvalue weighted by atomic mass is 35.5. The van der Waals surface area contributed by atoms with Gasteiger partial charge in [0.1, 0.15) is 5.75 Å². The molecule has 1 saturated carbocycles. The molecule has 20 heavy (non-hydrogen) atoms. The molecule has 1 aliphatic rings. The van der Waals surface area contributed by atoms with Crippen LogP contribution in [0.1, 0.15) is 25.7 Å². The third-order valence-corrected chi connectivity index (χ3v) is 4.00. The van der Waals surface area contributed by atoms with E-state index >= 15 is 0 Å². The zero-order valence-corrected chi connectivity index (χ0v) is 12.3. The van der Waals surface area contributed by atoms with Crippen molar-refractivity contribution in [3.8, 4) is 5.75 Å². The third kappa shape index (κ3) is 3.44. The van der Waals surface area contributed by atoms with Gasteiger partial charge in [-0.15, -0.1) is 0 Å². The van der Waals surface area contributed by atoms with Gasteiger partial charge in [-0.3, -0.25) is 0 Å². The van der Waals surface area contributed by atoms with Crippen LogP contribution in [0.2, 0.25) is 5.02 Å². The topological polar surface area (TPSA) is 21.3 Å². The van der Waals surface area contributed by atoms with E-state index in [4.69, 9.17) is 16.3 Å². The molecule has 0 radical (unpaired) electrons. The quantitative estimate of drug-likeness (QED) is 0.763. The Kier molecular flexibility index (Phi) is 4.44. The molecule has 0 amide bonds. The molecule has 0 unspecified atom stereocenters. The summed E-state index contributed by atoms with van der Waals surface area (Å²) in [6.45, 7) is 1.87. The molecule has 106 valence electrons. The zero-order chi connectivity index (χ0) is 13.8. The molecule has 0 atom stereocenters. The van der Waals surface area contributed by atoms with Crippen molar-refractivity contribution in [2.75, 3.05) is 13.2 Å². The summed E-state index contributed by atoms with van der Waals surface area (Å²) in [4.78, 5) is 0. The van der Waals surface area contributed by atoms with E-state index in [1.54, 1.807) is 0 Å². The van der Waals surface area contributed by atoms with Crippen LogP contribution in [0.15, 0.2) is 36.4 Å². The van der Waals surface area contributed by atoms with Gasteiger partial charge in [0.2, 0.25) is 0 Å². The molecule has 0 aliphatic heterocycles. The largest absolute Gasteiger partial charge is 0.493 e. The lowest BCUT2D eigenvalue weighted by molar-refractivity contribution is 0.309. The maximum atomic E-state index is 6.20. The van der Waals surface area contributed by atoms with Crippen LogP contribution in [-0.4, -0.2) is 19.2 Å². The van der Waals surface area contributed by atoms with Crippen molar-refractivity contribution < 1.29 is 4.74 Å². The second kappa shape index (κ2) is 6.47. The van der Waals surface area contributed by atoms with Crippen LogP contribution in [0.4, 0.5) is 0 Å². The van der Waals surface area contributed by atoms with E-state index in [1.165, 1.54) is 19.3 Å². The first-order valence-corrected chi connectivity index (χ1v) is 7.76. The molecule has 1 N–H and O–H groups in total. The minimum atomic E-state index is 0.762. The van der Waals surface area contributed by atoms with Crippen LogP contribution < -0.4 is 10.1 Å². The molecular formula is C17H20ClNO. The van der Waals surface area contributed by atoms with Crippen molar-refractivity contribution in [1.82, 2.24) is 5.32 Å². The minimum Gasteiger partial charge on any atom is -0.493 e. The Balaban J connectivity index is 1.53. The van der Waals surface area contributed by atoms with Crippen molar-refractivity contribution in [2.24, 2.45) is 0 Å². The highest BCUT2D eigenvalue weighted by molar-refractivity contribution is 6.35. The number of hydrogen-bond acceptors (Lipinski definition) is 2. The molecular weight excluding hydrogens is 270 g/mol. The molecule has 1 fully saturated rings. The number of unbranched alkanes of at least 4 members (excludes halogenated alkanes) is 1. The van der Waals surface area contributed by atoms with Gasteiger partial charge in [-0.1, -0.05) is 35.9 Å². The fourth-order valence-electron chi connectivity index (χ4n) is 2.36. The van der Waals surface area contributed by atoms with Crippen LogP contribution >= 0.6 is 11.6 Å². The number of fused-ring (bicyclic) bond motifs is 1. The summed E-state index contributed by atoms with van der Waals surface area (Å²) in [6.07, 6.45) is 4.96. The molecule has 0 bridgehead atoms. The highest BCUT2D eigenvalue weighted by Gasteiger charge is 2.19. The van der Waals surface area contributed by atoms with Crippen LogP contribution in [0.25, 0.3) is 10.8 Å². The van der Waals surface area contributed by atoms with E-state index in [1.807, 2.05) is 30.3 Å². The summed E-state index contributed by atoms with van der Waals surface area (Å²) in [5, 5.41) is 6.45. The van der Waals surface area contributed by atoms with Gasteiger partial charge in [-0.25, -0.2) is 0 Å². The second-order valence-corrected chi connectivity index (χ2v) is 5.78. The molecule has 0 spiro atoms. The first kappa shape index (κ1) is 13.7. The first-order chi connectivity index (χ1) is 9.84. The lowest BCUT2D eigenvalue weighted by Crippen LogP contribution is -2.17. The fraction of sp³-hybridized carbons (Fsp3) is 0.412. The van der Waals surface area contributed by atoms with Crippen molar-refractivity contribution in [2.45, 2.75) is 31.7 Å². The number of halogens is 1. The van der Waals surface area contributed by atoms with Gasteiger partial charge in [0.25, 0.3) is 0 Å². The van der Waals surface area contributed by atoms with Gasteiger partial charge in [-0.2, -0.15) is 0 Å². The number of ether oxygens (including phenoxy) is 1. The fourth-order valence-corrected chi connectivity index (χ4v) is 2.59. The minimum absolute atomic E-state index is 0.762. The van der Waals surface area contributed by atoms with Crippen molar-refractivity contribution >= 4 is 22.4 Å². The summed E-state index contributed by atoms with van der Waals surface area (Å²) >= 11 is 6.20. The van der Waals surface area contributed by atoms with Crippen LogP contribution in [-0.2, 0) is 0 Å². The monoisotopic (exact) mass is 289 g/mol. The van der Waals surface area contributed by atoms with Crippen LogP contribution in [0.3, 0.4) is 0 Å². The van der Waals surface area contributed by atoms with Gasteiger partial charge >= 0.3 is 0 Å². The molecule has 1 aliphatic carbocycles. The van der Waals surface area contributed by atoms with Gasteiger partial charge in [0, 0.05) is 21.8 Å². The van der Waals surface area contributed by atoms with E-state index in [9.17, 15) is 0 Å². The average Bonchev–Trinajstić information content (AvgIpc) is 3.29. The Labute approximate surface area is 125 Å². The highest BCUT2D eigenvalue weighted by Crippen LogP contribution is 2.31. The lowest BCUT2D eigenvalue weighted by atomic mass is 10.1. The van der Waals surface area contributed by atoms with Gasteiger partial charge in [-0.05, 0) is 44.4 Å². The predicted octanol–water partition coefficient (Wildman–Crippen LogP) is 4.40. The second-order valence-electron chi connectivity index (χ2n) is 5.38. The molecule has 0 aromatic heterocycles. The summed E-state index contributed by atoms with van der Waals surface area (Å²) < 4.78 is 5.91. The van der Waals surface area contributed by atoms with Gasteiger partial charge in [0.05, 0.1) is 6.61 Å². The standard InChI is InChI=1S/C17H20ClNO/c18-16-9-10-17(15-6-2-1-5-14(15)16)20-12-4-3-11-19-13-7-8-13/h1-2,5-6,9-10,13,19H,3-4,7-8,11-12H2. The molecule has 3 heteroatoms. The number of hydrogen-bond donors (Lipinski definition) is 1. The Hall–Kier alpha value is -1.25. The molecule has 2 aromatic rings. The molecule has 0 heterocycles. The molecule has 0 saturated heterocycles. The molecule has 3 rings (SSSR count). The third-order valence-electron chi connectivity index (χ3n) is 3.67. The van der Waals surface area contributed by atoms with Crippen molar-refractivity contribution in [3.05, 3.63) is 41.4 Å². The smallest absolute Gasteiger partial charge is 0.127 e. The maximum Gasteiger partial charge on any atom is 0.127 e. The Morgan fingerprint density at radius 2 is 1.85 bits per heavy atom. The molecule has 2 aromatic carbocycles. The number of benzene rings is 2. The summed E-state index contributed by atoms with van der Waals surface area (Å²) in [6, 6.07) is 12.8. The summed E-state index contributed by atoms with van der Waals surface area (Å²) in [5.41, 5.74) is 0. The number of rotatable bonds is 7. The van der Waals surface area contributed by atoms with Crippen molar-refractivity contribution in [3.63, 3.8) is 0 Å². The Bertz CT molecular complexity index is 580. The predicted molar refractivity (Wildman–Crippen MR) is 84.7 cm³/mol. The van der Waals surface area contributed by atoms with Gasteiger partial charge in [0.15, 0.2) is 0 Å². The average molecular weight is 290 g/mol. The first-order valence-electron chi connectivity index (χ1n) is 7.38. The van der Waals surface area contributed by atoms with Gasteiger partial charge < -0.3 is 10.1 Å². The van der Waals surface area contributed by atoms with E-state index in [2.05, 4.69) is 11.4 Å². The van der Waals surface area contributed by atoms with E-state index in [-0.39, 0.29) is 0 Å². The molecule has 2 nitrogen and oxygen atoms in total. The van der Waals surface area contributed by atoms with E-state index < -0.39 is 0 Å². The normalized spacial score (nSPS) is 14.7. The maximum absolute atomic E-state index is 6.20. The number of nitrogens with one attached hydrogen (secondary N) is 1. The Morgan fingerprint density at radius 1 is 1.05 bits per heavy atom. The lowest BCUT2D eigenvalue weighted by Gasteiger charge is -2.10. The summed E-state index contributed by atoms with van der Waals surface area (Å²) in [7, 11) is 0. The van der Waals surface area contributed by atoms with Crippen molar-refractivity contribution in [1.29, 1.82) is 0 Å². The van der Waals surface area contributed by atoms with Crippen LogP contribution in [0, 0.1) is 0 Å². The van der Waals surface area contributed by atoms with Crippen LogP contribution in [0.5, 0.6) is 5.75 Å². The zero-order valence-electron chi connectivity index (χ0n) is 11.6.